The molecule has 0 atom stereocenters. The van der Waals surface area contributed by atoms with Gasteiger partial charge in [0, 0.05) is 5.69 Å². The van der Waals surface area contributed by atoms with E-state index in [9.17, 15) is 8.42 Å². The number of rotatable bonds is 5. The maximum atomic E-state index is 12.5. The molecule has 0 aliphatic heterocycles. The fraction of sp³-hybridized carbons (Fsp3) is 0.143. The molecule has 0 heterocycles. The Hall–Kier alpha value is -1.92. The van der Waals surface area contributed by atoms with Gasteiger partial charge in [-0.05, 0) is 37.3 Å². The van der Waals surface area contributed by atoms with Crippen molar-refractivity contribution in [1.29, 1.82) is 0 Å². The van der Waals surface area contributed by atoms with Crippen LogP contribution < -0.4 is 15.2 Å². The van der Waals surface area contributed by atoms with Crippen molar-refractivity contribution in [3.8, 4) is 5.75 Å². The van der Waals surface area contributed by atoms with Crippen LogP contribution in [0, 0.1) is 0 Å². The first-order chi connectivity index (χ1) is 9.94. The zero-order valence-electron chi connectivity index (χ0n) is 11.3. The Bertz CT molecular complexity index is 748. The van der Waals surface area contributed by atoms with E-state index in [1.54, 1.807) is 37.3 Å². The number of anilines is 2. The van der Waals surface area contributed by atoms with Gasteiger partial charge in [0.05, 0.1) is 17.3 Å². The molecule has 112 valence electrons. The number of nitrogens with two attached hydrogens (primary N) is 1. The average Bonchev–Trinajstić information content (AvgIpc) is 2.43. The summed E-state index contributed by atoms with van der Waals surface area (Å²) < 4.78 is 32.8. The average molecular weight is 327 g/mol. The Morgan fingerprint density at radius 2 is 1.95 bits per heavy atom. The minimum Gasteiger partial charge on any atom is -0.492 e. The zero-order chi connectivity index (χ0) is 15.5. The summed E-state index contributed by atoms with van der Waals surface area (Å²) in [5.41, 5.74) is 6.30. The Labute approximate surface area is 128 Å². The Balaban J connectivity index is 2.44. The largest absolute Gasteiger partial charge is 0.492 e. The van der Waals surface area contributed by atoms with E-state index in [0.717, 1.165) is 0 Å². The quantitative estimate of drug-likeness (QED) is 0.827. The normalized spacial score (nSPS) is 11.1. The number of ether oxygens (including phenoxy) is 1. The van der Waals surface area contributed by atoms with Gasteiger partial charge in [0.25, 0.3) is 10.0 Å². The van der Waals surface area contributed by atoms with Crippen molar-refractivity contribution in [2.75, 3.05) is 17.1 Å². The highest BCUT2D eigenvalue weighted by molar-refractivity contribution is 7.92. The molecule has 7 heteroatoms. The fourth-order valence-electron chi connectivity index (χ4n) is 1.75. The van der Waals surface area contributed by atoms with Gasteiger partial charge in [0.2, 0.25) is 0 Å². The second-order valence-corrected chi connectivity index (χ2v) is 6.28. The molecule has 0 aromatic heterocycles. The molecular formula is C14H15ClN2O3S. The predicted molar refractivity (Wildman–Crippen MR) is 84.3 cm³/mol. The van der Waals surface area contributed by atoms with Crippen LogP contribution in [-0.4, -0.2) is 15.0 Å². The minimum atomic E-state index is -3.85. The molecule has 3 N–H and O–H groups in total. The molecule has 0 saturated heterocycles. The van der Waals surface area contributed by atoms with Gasteiger partial charge in [-0.3, -0.25) is 4.72 Å². The Kier molecular flexibility index (Phi) is 4.59. The molecule has 0 radical (unpaired) electrons. The molecular weight excluding hydrogens is 312 g/mol. The third kappa shape index (κ3) is 3.59. The van der Waals surface area contributed by atoms with Crippen LogP contribution >= 0.6 is 11.6 Å². The van der Waals surface area contributed by atoms with E-state index in [1.807, 2.05) is 0 Å². The summed E-state index contributed by atoms with van der Waals surface area (Å²) in [6, 6.07) is 11.0. The first-order valence-corrected chi connectivity index (χ1v) is 8.10. The molecule has 0 spiro atoms. The predicted octanol–water partition coefficient (Wildman–Crippen LogP) is 3.12. The van der Waals surface area contributed by atoms with E-state index in [2.05, 4.69) is 4.72 Å². The molecule has 2 aromatic carbocycles. The van der Waals surface area contributed by atoms with Gasteiger partial charge < -0.3 is 10.5 Å². The lowest BCUT2D eigenvalue weighted by Gasteiger charge is -2.13. The van der Waals surface area contributed by atoms with Crippen LogP contribution in [0.4, 0.5) is 11.4 Å². The second-order valence-electron chi connectivity index (χ2n) is 4.22. The van der Waals surface area contributed by atoms with Crippen LogP contribution in [0.25, 0.3) is 0 Å². The number of halogens is 1. The number of benzene rings is 2. The molecule has 0 aliphatic rings. The highest BCUT2D eigenvalue weighted by Gasteiger charge is 2.21. The summed E-state index contributed by atoms with van der Waals surface area (Å²) in [5, 5.41) is 0.308. The van der Waals surface area contributed by atoms with Gasteiger partial charge in [0.15, 0.2) is 0 Å². The topological polar surface area (TPSA) is 81.4 Å². The number of sulfonamides is 1. The van der Waals surface area contributed by atoms with Crippen LogP contribution in [0.15, 0.2) is 47.4 Å². The van der Waals surface area contributed by atoms with Crippen LogP contribution in [-0.2, 0) is 10.0 Å². The second kappa shape index (κ2) is 6.24. The fourth-order valence-corrected chi connectivity index (χ4v) is 3.25. The highest BCUT2D eigenvalue weighted by Crippen LogP contribution is 2.30. The van der Waals surface area contributed by atoms with Crippen molar-refractivity contribution >= 4 is 33.0 Å². The van der Waals surface area contributed by atoms with Crippen molar-refractivity contribution in [1.82, 2.24) is 0 Å². The molecule has 0 saturated carbocycles. The van der Waals surface area contributed by atoms with E-state index >= 15 is 0 Å². The van der Waals surface area contributed by atoms with Gasteiger partial charge in [-0.1, -0.05) is 23.7 Å². The molecule has 5 nitrogen and oxygen atoms in total. The highest BCUT2D eigenvalue weighted by atomic mass is 35.5. The number of nitrogen functional groups attached to an aromatic ring is 1. The van der Waals surface area contributed by atoms with Crippen molar-refractivity contribution in [3.05, 3.63) is 47.5 Å². The standard InChI is InChI=1S/C14H15ClN2O3S/c1-2-20-13-8-7-10(16)9-14(13)21(18,19)17-12-6-4-3-5-11(12)15/h3-9,17H,2,16H2,1H3. The van der Waals surface area contributed by atoms with E-state index in [0.29, 0.717) is 23.0 Å². The summed E-state index contributed by atoms with van der Waals surface area (Å²) in [7, 11) is -3.85. The first-order valence-electron chi connectivity index (χ1n) is 6.23. The summed E-state index contributed by atoms with van der Waals surface area (Å²) in [6.07, 6.45) is 0. The summed E-state index contributed by atoms with van der Waals surface area (Å²) in [6.45, 7) is 2.12. The van der Waals surface area contributed by atoms with Gasteiger partial charge in [-0.2, -0.15) is 0 Å². The lowest BCUT2D eigenvalue weighted by molar-refractivity contribution is 0.331. The zero-order valence-corrected chi connectivity index (χ0v) is 12.9. The van der Waals surface area contributed by atoms with Crippen LogP contribution in [0.5, 0.6) is 5.75 Å². The van der Waals surface area contributed by atoms with Crippen LogP contribution in [0.1, 0.15) is 6.92 Å². The summed E-state index contributed by atoms with van der Waals surface area (Å²) in [4.78, 5) is -0.0238. The minimum absolute atomic E-state index is 0.0238. The Morgan fingerprint density at radius 3 is 2.62 bits per heavy atom. The Morgan fingerprint density at radius 1 is 1.24 bits per heavy atom. The van der Waals surface area contributed by atoms with Crippen molar-refractivity contribution < 1.29 is 13.2 Å². The molecule has 0 bridgehead atoms. The molecule has 0 unspecified atom stereocenters. The first kappa shape index (κ1) is 15.5. The number of para-hydroxylation sites is 1. The van der Waals surface area contributed by atoms with Gasteiger partial charge >= 0.3 is 0 Å². The third-order valence-electron chi connectivity index (χ3n) is 2.68. The smallest absolute Gasteiger partial charge is 0.265 e. The third-order valence-corrected chi connectivity index (χ3v) is 4.39. The van der Waals surface area contributed by atoms with Crippen LogP contribution in [0.3, 0.4) is 0 Å². The molecule has 2 aromatic rings. The lowest BCUT2D eigenvalue weighted by Crippen LogP contribution is -2.15. The molecule has 21 heavy (non-hydrogen) atoms. The van der Waals surface area contributed by atoms with Crippen molar-refractivity contribution in [2.45, 2.75) is 11.8 Å². The van der Waals surface area contributed by atoms with Crippen molar-refractivity contribution in [2.24, 2.45) is 0 Å². The number of hydrogen-bond donors (Lipinski definition) is 2. The SMILES string of the molecule is CCOc1ccc(N)cc1S(=O)(=O)Nc1ccccc1Cl. The van der Waals surface area contributed by atoms with Crippen molar-refractivity contribution in [3.63, 3.8) is 0 Å². The molecule has 0 amide bonds. The number of nitrogens with one attached hydrogen (secondary N) is 1. The summed E-state index contributed by atoms with van der Waals surface area (Å²) >= 11 is 5.97. The lowest BCUT2D eigenvalue weighted by atomic mass is 10.3. The molecule has 2 rings (SSSR count). The number of hydrogen-bond acceptors (Lipinski definition) is 4. The van der Waals surface area contributed by atoms with Gasteiger partial charge in [-0.15, -0.1) is 0 Å². The molecule has 0 fully saturated rings. The van der Waals surface area contributed by atoms with E-state index in [4.69, 9.17) is 22.1 Å². The molecule has 0 aliphatic carbocycles. The summed E-state index contributed by atoms with van der Waals surface area (Å²) in [5.74, 6) is 0.242. The monoisotopic (exact) mass is 326 g/mol. The van der Waals surface area contributed by atoms with E-state index in [1.165, 1.54) is 12.1 Å². The van der Waals surface area contributed by atoms with Gasteiger partial charge in [-0.25, -0.2) is 8.42 Å². The maximum absolute atomic E-state index is 12.5. The maximum Gasteiger partial charge on any atom is 0.265 e. The van der Waals surface area contributed by atoms with E-state index in [-0.39, 0.29) is 10.6 Å². The van der Waals surface area contributed by atoms with E-state index < -0.39 is 10.0 Å². The van der Waals surface area contributed by atoms with Gasteiger partial charge in [0.1, 0.15) is 10.6 Å². The van der Waals surface area contributed by atoms with Crippen LogP contribution in [0.2, 0.25) is 5.02 Å².